The number of hydrogen-bond donors (Lipinski definition) is 1. The second kappa shape index (κ2) is 10.4. The van der Waals surface area contributed by atoms with Crippen LogP contribution in [0.4, 0.5) is 5.69 Å². The van der Waals surface area contributed by atoms with Crippen LogP contribution < -0.4 is 4.90 Å². The van der Waals surface area contributed by atoms with Crippen LogP contribution >= 0.6 is 0 Å². The molecule has 2 aliphatic rings. The van der Waals surface area contributed by atoms with Gasteiger partial charge in [-0.2, -0.15) is 4.99 Å². The summed E-state index contributed by atoms with van der Waals surface area (Å²) >= 11 is 0. The summed E-state index contributed by atoms with van der Waals surface area (Å²) in [5.41, 5.74) is 1.01. The summed E-state index contributed by atoms with van der Waals surface area (Å²) < 4.78 is 5.45. The summed E-state index contributed by atoms with van der Waals surface area (Å²) in [7, 11) is 1.59. The van der Waals surface area contributed by atoms with Gasteiger partial charge in [0.1, 0.15) is 11.6 Å². The van der Waals surface area contributed by atoms with Crippen LogP contribution in [0.1, 0.15) is 12.8 Å². The van der Waals surface area contributed by atoms with Gasteiger partial charge < -0.3 is 24.5 Å². The molecule has 8 heteroatoms. The quantitative estimate of drug-likeness (QED) is 0.713. The maximum atomic E-state index is 11.9. The minimum Gasteiger partial charge on any atom is -0.508 e. The van der Waals surface area contributed by atoms with Crippen molar-refractivity contribution in [3.8, 4) is 5.75 Å². The fourth-order valence-electron chi connectivity index (χ4n) is 4.44. The van der Waals surface area contributed by atoms with Crippen molar-refractivity contribution in [1.82, 2.24) is 9.80 Å². The van der Waals surface area contributed by atoms with Crippen molar-refractivity contribution in [2.45, 2.75) is 12.8 Å². The number of ether oxygens (including phenoxy) is 1. The molecule has 0 spiro atoms. The van der Waals surface area contributed by atoms with Gasteiger partial charge in [-0.15, -0.1) is 0 Å². The van der Waals surface area contributed by atoms with Crippen molar-refractivity contribution in [2.24, 2.45) is 9.98 Å². The number of amidine groups is 2. The highest BCUT2D eigenvalue weighted by Crippen LogP contribution is 2.32. The van der Waals surface area contributed by atoms with Crippen LogP contribution in [0.2, 0.25) is 0 Å². The van der Waals surface area contributed by atoms with Crippen LogP contribution in [0.3, 0.4) is 0 Å². The number of piperazine rings is 1. The molecule has 4 rings (SSSR count). The van der Waals surface area contributed by atoms with Crippen molar-refractivity contribution >= 4 is 34.2 Å². The molecule has 0 unspecified atom stereocenters. The number of aromatic hydroxyl groups is 1. The lowest BCUT2D eigenvalue weighted by Crippen LogP contribution is -2.50. The second-order valence-corrected chi connectivity index (χ2v) is 8.19. The Morgan fingerprint density at radius 2 is 1.88 bits per heavy atom. The van der Waals surface area contributed by atoms with E-state index in [9.17, 15) is 9.90 Å². The Balaban J connectivity index is 1.53. The third-order valence-electron chi connectivity index (χ3n) is 6.15. The smallest absolute Gasteiger partial charge is 0.313 e. The summed E-state index contributed by atoms with van der Waals surface area (Å²) in [6.45, 7) is 8.36. The maximum absolute atomic E-state index is 11.9. The third-order valence-corrected chi connectivity index (χ3v) is 6.15. The number of fused-ring (bicyclic) bond motifs is 1. The molecule has 0 aliphatic carbocycles. The Bertz CT molecular complexity index is 1070. The van der Waals surface area contributed by atoms with E-state index in [4.69, 9.17) is 9.73 Å². The lowest BCUT2D eigenvalue weighted by molar-refractivity contribution is -0.127. The van der Waals surface area contributed by atoms with E-state index < -0.39 is 0 Å². The summed E-state index contributed by atoms with van der Waals surface area (Å²) in [4.78, 5) is 27.5. The van der Waals surface area contributed by atoms with E-state index in [0.717, 1.165) is 54.8 Å². The predicted octanol–water partition coefficient (Wildman–Crippen LogP) is 2.88. The number of carbonyl (C=O) groups excluding carboxylic acids is 1. The molecule has 33 heavy (non-hydrogen) atoms. The molecule has 2 aliphatic heterocycles. The standard InChI is InChI=1S/C25H31N5O3/c1-3-24(32)30-15-13-29(14-16-30)23-9-6-11-28(12-10-26-25(27-23)33-2)22-18-20(31)17-19-7-4-5-8-21(19)22/h3-5,7-8,17-18,31H,1,6,9-16H2,2H3. The Morgan fingerprint density at radius 3 is 2.64 bits per heavy atom. The summed E-state index contributed by atoms with van der Waals surface area (Å²) in [6, 6.07) is 12.1. The monoisotopic (exact) mass is 449 g/mol. The fourth-order valence-corrected chi connectivity index (χ4v) is 4.44. The van der Waals surface area contributed by atoms with Gasteiger partial charge in [0.15, 0.2) is 0 Å². The molecule has 174 valence electrons. The van der Waals surface area contributed by atoms with Gasteiger partial charge in [0.05, 0.1) is 13.7 Å². The molecule has 2 heterocycles. The molecule has 0 radical (unpaired) electrons. The SMILES string of the molecule is C=CC(=O)N1CCN(C2=NC(OC)=NCCN(c3cc(O)cc4ccccc34)CCC2)CC1. The molecule has 0 aromatic heterocycles. The maximum Gasteiger partial charge on any atom is 0.313 e. The van der Waals surface area contributed by atoms with Crippen LogP contribution in [0.5, 0.6) is 5.75 Å². The molecule has 1 fully saturated rings. The van der Waals surface area contributed by atoms with E-state index >= 15 is 0 Å². The normalized spacial score (nSPS) is 17.9. The van der Waals surface area contributed by atoms with Crippen molar-refractivity contribution in [2.75, 3.05) is 57.8 Å². The average Bonchev–Trinajstić information content (AvgIpc) is 2.85. The first kappa shape index (κ1) is 22.6. The van der Waals surface area contributed by atoms with E-state index in [2.05, 4.69) is 27.4 Å². The van der Waals surface area contributed by atoms with Gasteiger partial charge in [-0.25, -0.2) is 4.99 Å². The molecule has 2 aromatic rings. The average molecular weight is 450 g/mol. The number of nitrogens with zero attached hydrogens (tertiary/aromatic N) is 5. The first-order valence-electron chi connectivity index (χ1n) is 11.4. The van der Waals surface area contributed by atoms with Gasteiger partial charge in [-0.05, 0) is 23.9 Å². The number of carbonyl (C=O) groups is 1. The molecular weight excluding hydrogens is 418 g/mol. The van der Waals surface area contributed by atoms with Crippen LogP contribution in [0.15, 0.2) is 59.0 Å². The van der Waals surface area contributed by atoms with Gasteiger partial charge in [0.25, 0.3) is 0 Å². The number of rotatable bonds is 2. The zero-order valence-electron chi connectivity index (χ0n) is 19.1. The lowest BCUT2D eigenvalue weighted by atomic mass is 10.1. The van der Waals surface area contributed by atoms with Crippen molar-refractivity contribution in [3.05, 3.63) is 49.1 Å². The van der Waals surface area contributed by atoms with E-state index in [1.807, 2.05) is 29.2 Å². The number of methoxy groups -OCH3 is 1. The highest BCUT2D eigenvalue weighted by molar-refractivity contribution is 5.96. The predicted molar refractivity (Wildman–Crippen MR) is 132 cm³/mol. The Kier molecular flexibility index (Phi) is 7.12. The van der Waals surface area contributed by atoms with Gasteiger partial charge in [0.2, 0.25) is 5.91 Å². The van der Waals surface area contributed by atoms with Gasteiger partial charge in [-0.3, -0.25) is 4.79 Å². The van der Waals surface area contributed by atoms with Gasteiger partial charge >= 0.3 is 6.02 Å². The van der Waals surface area contributed by atoms with Gasteiger partial charge in [-0.1, -0.05) is 30.8 Å². The molecule has 1 amide bonds. The Hall–Kier alpha value is -3.55. The topological polar surface area (TPSA) is 81.0 Å². The Morgan fingerprint density at radius 1 is 1.09 bits per heavy atom. The second-order valence-electron chi connectivity index (χ2n) is 8.19. The molecule has 1 saturated heterocycles. The summed E-state index contributed by atoms with van der Waals surface area (Å²) in [5.74, 6) is 1.16. The molecule has 1 N–H and O–H groups in total. The van der Waals surface area contributed by atoms with Gasteiger partial charge in [0, 0.05) is 62.8 Å². The zero-order chi connectivity index (χ0) is 23.2. The number of phenolic OH excluding ortho intramolecular Hbond substituents is 1. The molecule has 0 atom stereocenters. The molecule has 0 bridgehead atoms. The van der Waals surface area contributed by atoms with E-state index in [-0.39, 0.29) is 11.7 Å². The number of phenols is 1. The van der Waals surface area contributed by atoms with E-state index in [0.29, 0.717) is 32.2 Å². The first-order valence-corrected chi connectivity index (χ1v) is 11.4. The molecule has 8 nitrogen and oxygen atoms in total. The summed E-state index contributed by atoms with van der Waals surface area (Å²) in [5, 5.41) is 12.4. The number of anilines is 1. The molecular formula is C25H31N5O3. The number of hydrogen-bond acceptors (Lipinski definition) is 7. The molecule has 0 saturated carbocycles. The Labute approximate surface area is 194 Å². The lowest BCUT2D eigenvalue weighted by Gasteiger charge is -2.36. The highest BCUT2D eigenvalue weighted by atomic mass is 16.5. The van der Waals surface area contributed by atoms with E-state index in [1.165, 1.54) is 6.08 Å². The highest BCUT2D eigenvalue weighted by Gasteiger charge is 2.23. The minimum absolute atomic E-state index is 0.0318. The number of amides is 1. The number of aliphatic imine (C=N–C) groups is 2. The van der Waals surface area contributed by atoms with Crippen LogP contribution in [0, 0.1) is 0 Å². The van der Waals surface area contributed by atoms with Crippen LogP contribution in [0.25, 0.3) is 10.8 Å². The van der Waals surface area contributed by atoms with Crippen LogP contribution in [-0.2, 0) is 9.53 Å². The number of benzene rings is 2. The van der Waals surface area contributed by atoms with Crippen molar-refractivity contribution in [1.29, 1.82) is 0 Å². The zero-order valence-corrected chi connectivity index (χ0v) is 19.1. The van der Waals surface area contributed by atoms with Crippen molar-refractivity contribution < 1.29 is 14.6 Å². The van der Waals surface area contributed by atoms with Crippen LogP contribution in [-0.4, -0.2) is 85.6 Å². The minimum atomic E-state index is -0.0318. The summed E-state index contributed by atoms with van der Waals surface area (Å²) in [6.07, 6.45) is 3.03. The largest absolute Gasteiger partial charge is 0.508 e. The first-order chi connectivity index (χ1) is 16.1. The third kappa shape index (κ3) is 5.27. The van der Waals surface area contributed by atoms with Crippen molar-refractivity contribution in [3.63, 3.8) is 0 Å². The fraction of sp³-hybridized carbons (Fsp3) is 0.400. The molecule has 2 aromatic carbocycles. The van der Waals surface area contributed by atoms with E-state index in [1.54, 1.807) is 13.2 Å².